The van der Waals surface area contributed by atoms with Crippen LogP contribution >= 0.6 is 0 Å². The van der Waals surface area contributed by atoms with Crippen molar-refractivity contribution < 1.29 is 19.1 Å². The van der Waals surface area contributed by atoms with Crippen LogP contribution in [0.1, 0.15) is 12.8 Å². The Kier molecular flexibility index (Phi) is 5.45. The van der Waals surface area contributed by atoms with Crippen molar-refractivity contribution in [3.8, 4) is 0 Å². The highest BCUT2D eigenvalue weighted by molar-refractivity contribution is 6.01. The number of hydrogen-bond donors (Lipinski definition) is 1. The molecule has 7 nitrogen and oxygen atoms in total. The van der Waals surface area contributed by atoms with Gasteiger partial charge in [-0.2, -0.15) is 0 Å². The summed E-state index contributed by atoms with van der Waals surface area (Å²) >= 11 is 0. The van der Waals surface area contributed by atoms with Gasteiger partial charge in [0, 0.05) is 31.1 Å². The van der Waals surface area contributed by atoms with E-state index in [1.165, 1.54) is 4.90 Å². The van der Waals surface area contributed by atoms with Crippen LogP contribution in [0.15, 0.2) is 36.5 Å². The van der Waals surface area contributed by atoms with Gasteiger partial charge in [0.2, 0.25) is 17.7 Å². The maximum Gasteiger partial charge on any atom is 0.240 e. The summed E-state index contributed by atoms with van der Waals surface area (Å²) in [6.45, 7) is 1.55. The van der Waals surface area contributed by atoms with Crippen LogP contribution in [0.5, 0.6) is 0 Å². The van der Waals surface area contributed by atoms with Crippen LogP contribution in [0, 0.1) is 0 Å². The Bertz CT molecular complexity index is 767. The largest absolute Gasteiger partial charge is 0.378 e. The van der Waals surface area contributed by atoms with Gasteiger partial charge in [0.15, 0.2) is 0 Å². The minimum Gasteiger partial charge on any atom is -0.378 e. The lowest BCUT2D eigenvalue weighted by Crippen LogP contribution is -2.34. The molecule has 25 heavy (non-hydrogen) atoms. The Hall–Kier alpha value is -2.67. The second-order valence-electron chi connectivity index (χ2n) is 5.90. The molecule has 1 aromatic heterocycles. The highest BCUT2D eigenvalue weighted by Gasteiger charge is 2.28. The van der Waals surface area contributed by atoms with E-state index >= 15 is 0 Å². The summed E-state index contributed by atoms with van der Waals surface area (Å²) in [5.74, 6) is -0.364. The van der Waals surface area contributed by atoms with Crippen molar-refractivity contribution in [3.63, 3.8) is 0 Å². The Morgan fingerprint density at radius 3 is 2.64 bits per heavy atom. The van der Waals surface area contributed by atoms with E-state index in [4.69, 9.17) is 4.74 Å². The first kappa shape index (κ1) is 17.2. The van der Waals surface area contributed by atoms with E-state index in [1.54, 1.807) is 0 Å². The average Bonchev–Trinajstić information content (AvgIpc) is 3.15. The van der Waals surface area contributed by atoms with Gasteiger partial charge in [0.05, 0.1) is 19.8 Å². The summed E-state index contributed by atoms with van der Waals surface area (Å²) in [5, 5.41) is 3.90. The quantitative estimate of drug-likeness (QED) is 0.571. The molecule has 1 N–H and O–H groups in total. The van der Waals surface area contributed by atoms with Crippen LogP contribution in [0.2, 0.25) is 0 Å². The van der Waals surface area contributed by atoms with Gasteiger partial charge < -0.3 is 14.6 Å². The van der Waals surface area contributed by atoms with Crippen LogP contribution < -0.4 is 5.32 Å². The topological polar surface area (TPSA) is 80.6 Å². The highest BCUT2D eigenvalue weighted by Crippen LogP contribution is 2.14. The average molecular weight is 343 g/mol. The summed E-state index contributed by atoms with van der Waals surface area (Å²) in [6.07, 6.45) is 2.48. The molecule has 1 aliphatic rings. The first-order valence-electron chi connectivity index (χ1n) is 8.36. The molecule has 0 bridgehead atoms. The van der Waals surface area contributed by atoms with Crippen LogP contribution in [0.4, 0.5) is 0 Å². The molecule has 1 fully saturated rings. The van der Waals surface area contributed by atoms with E-state index in [0.717, 1.165) is 10.9 Å². The second-order valence-corrected chi connectivity index (χ2v) is 5.90. The minimum atomic E-state index is -0.138. The van der Waals surface area contributed by atoms with E-state index in [-0.39, 0.29) is 37.4 Å². The van der Waals surface area contributed by atoms with Gasteiger partial charge in [0.1, 0.15) is 6.54 Å². The fourth-order valence-corrected chi connectivity index (χ4v) is 2.88. The maximum absolute atomic E-state index is 12.0. The number of hydrogen-bond acceptors (Lipinski definition) is 4. The van der Waals surface area contributed by atoms with Gasteiger partial charge in [-0.1, -0.05) is 18.2 Å². The lowest BCUT2D eigenvalue weighted by atomic mass is 10.2. The van der Waals surface area contributed by atoms with E-state index in [2.05, 4.69) is 5.32 Å². The van der Waals surface area contributed by atoms with Crippen molar-refractivity contribution >= 4 is 28.6 Å². The van der Waals surface area contributed by atoms with Crippen LogP contribution in [-0.4, -0.2) is 53.5 Å². The number of benzene rings is 1. The fourth-order valence-electron chi connectivity index (χ4n) is 2.88. The van der Waals surface area contributed by atoms with Gasteiger partial charge in [-0.05, 0) is 17.5 Å². The normalized spacial score (nSPS) is 14.5. The number of nitrogens with one attached hydrogen (secondary N) is 1. The van der Waals surface area contributed by atoms with Crippen LogP contribution in [-0.2, 0) is 25.7 Å². The fraction of sp³-hybridized carbons (Fsp3) is 0.389. The van der Waals surface area contributed by atoms with Crippen LogP contribution in [0.25, 0.3) is 10.9 Å². The van der Waals surface area contributed by atoms with Crippen molar-refractivity contribution in [3.05, 3.63) is 36.5 Å². The number of ether oxygens (including phenoxy) is 1. The van der Waals surface area contributed by atoms with Gasteiger partial charge >= 0.3 is 0 Å². The number of imide groups is 1. The number of aromatic nitrogens is 1. The predicted octanol–water partition coefficient (Wildman–Crippen LogP) is 0.923. The number of carbonyl (C=O) groups excluding carboxylic acids is 3. The minimum absolute atomic E-state index is 0.0881. The van der Waals surface area contributed by atoms with E-state index in [9.17, 15) is 14.4 Å². The maximum atomic E-state index is 12.0. The summed E-state index contributed by atoms with van der Waals surface area (Å²) in [5.41, 5.74) is 1.02. The van der Waals surface area contributed by atoms with Gasteiger partial charge in [-0.3, -0.25) is 19.3 Å². The van der Waals surface area contributed by atoms with Gasteiger partial charge in [0.25, 0.3) is 0 Å². The highest BCUT2D eigenvalue weighted by atomic mass is 16.5. The third kappa shape index (κ3) is 4.24. The molecule has 0 spiro atoms. The number of fused-ring (bicyclic) bond motifs is 1. The van der Waals surface area contributed by atoms with E-state index in [0.29, 0.717) is 26.0 Å². The third-order valence-electron chi connectivity index (χ3n) is 4.18. The van der Waals surface area contributed by atoms with Crippen molar-refractivity contribution in [2.45, 2.75) is 19.4 Å². The molecule has 1 saturated heterocycles. The predicted molar refractivity (Wildman–Crippen MR) is 91.7 cm³/mol. The summed E-state index contributed by atoms with van der Waals surface area (Å²) in [7, 11) is 0. The Balaban J connectivity index is 1.33. The second kappa shape index (κ2) is 7.94. The summed E-state index contributed by atoms with van der Waals surface area (Å²) in [6, 6.07) is 9.88. The number of likely N-dealkylation sites (tertiary alicyclic amines) is 1. The zero-order chi connectivity index (χ0) is 17.6. The SMILES string of the molecule is O=C(Cn1ccc2ccccc21)NCCOCCN1C(=O)CCC1=O. The Morgan fingerprint density at radius 2 is 1.84 bits per heavy atom. The molecule has 0 radical (unpaired) electrons. The number of nitrogens with zero attached hydrogens (tertiary/aromatic N) is 2. The van der Waals surface area contributed by atoms with E-state index in [1.807, 2.05) is 41.1 Å². The first-order valence-corrected chi connectivity index (χ1v) is 8.36. The molecule has 1 aliphatic heterocycles. The first-order chi connectivity index (χ1) is 12.1. The molecule has 0 saturated carbocycles. The van der Waals surface area contributed by atoms with Crippen molar-refractivity contribution in [2.24, 2.45) is 0 Å². The van der Waals surface area contributed by atoms with Gasteiger partial charge in [-0.15, -0.1) is 0 Å². The molecule has 0 unspecified atom stereocenters. The third-order valence-corrected chi connectivity index (χ3v) is 4.18. The molecule has 0 aliphatic carbocycles. The molecular weight excluding hydrogens is 322 g/mol. The number of amides is 3. The molecule has 2 heterocycles. The lowest BCUT2D eigenvalue weighted by molar-refractivity contribution is -0.139. The molecule has 132 valence electrons. The van der Waals surface area contributed by atoms with Crippen molar-refractivity contribution in [1.82, 2.24) is 14.8 Å². The Labute approximate surface area is 145 Å². The monoisotopic (exact) mass is 343 g/mol. The zero-order valence-corrected chi connectivity index (χ0v) is 13.9. The molecule has 7 heteroatoms. The molecule has 3 rings (SSSR count). The molecule has 3 amide bonds. The van der Waals surface area contributed by atoms with Crippen LogP contribution in [0.3, 0.4) is 0 Å². The molecule has 0 atom stereocenters. The lowest BCUT2D eigenvalue weighted by Gasteiger charge is -2.13. The van der Waals surface area contributed by atoms with E-state index < -0.39 is 0 Å². The number of para-hydroxylation sites is 1. The number of carbonyl (C=O) groups is 3. The number of rotatable bonds is 8. The summed E-state index contributed by atoms with van der Waals surface area (Å²) < 4.78 is 7.28. The standard InChI is InChI=1S/C18H21N3O4/c22-16(13-20-9-7-14-3-1-2-4-15(14)20)19-8-11-25-12-10-21-17(23)5-6-18(21)24/h1-4,7,9H,5-6,8,10-13H2,(H,19,22). The van der Waals surface area contributed by atoms with Gasteiger partial charge in [-0.25, -0.2) is 0 Å². The van der Waals surface area contributed by atoms with Crippen molar-refractivity contribution in [2.75, 3.05) is 26.3 Å². The summed E-state index contributed by atoms with van der Waals surface area (Å²) in [4.78, 5) is 36.1. The Morgan fingerprint density at radius 1 is 1.08 bits per heavy atom. The van der Waals surface area contributed by atoms with Crippen molar-refractivity contribution in [1.29, 1.82) is 0 Å². The zero-order valence-electron chi connectivity index (χ0n) is 13.9. The molecule has 2 aromatic rings. The molecule has 1 aromatic carbocycles. The smallest absolute Gasteiger partial charge is 0.240 e. The molecular formula is C18H21N3O4.